The van der Waals surface area contributed by atoms with Crippen LogP contribution in [0.25, 0.3) is 11.3 Å². The summed E-state index contributed by atoms with van der Waals surface area (Å²) in [6.07, 6.45) is 3.13. The number of halogens is 1. The number of hydrogen-bond donors (Lipinski definition) is 1. The molecular formula is C34H35FN4O4. The Kier molecular flexibility index (Phi) is 8.43. The number of amides is 2. The first-order valence-corrected chi connectivity index (χ1v) is 14.3. The summed E-state index contributed by atoms with van der Waals surface area (Å²) in [4.78, 5) is 40.4. The number of benzene rings is 3. The molecule has 2 amide bonds. The standard InChI is InChI=1S/C34H35FN4O4/c1-34(2,3)39-30(24-12-14-27(35)15-13-24)29(21-36-39)31(40)37-28-7-5-6-26(20-28)32(41)38-18-16-23(17-19-38)22-8-10-25(11-9-22)33(42)43-4/h5-15,20-21,23H,16-19H2,1-4H3,(H,37,40). The van der Waals surface area contributed by atoms with E-state index >= 15 is 0 Å². The fourth-order valence-corrected chi connectivity index (χ4v) is 5.44. The van der Waals surface area contributed by atoms with Crippen molar-refractivity contribution in [3.8, 4) is 11.3 Å². The normalized spacial score (nSPS) is 13.9. The van der Waals surface area contributed by atoms with Crippen LogP contribution in [0.1, 0.15) is 76.2 Å². The van der Waals surface area contributed by atoms with Crippen LogP contribution >= 0.6 is 0 Å². The summed E-state index contributed by atoms with van der Waals surface area (Å²) in [7, 11) is 1.36. The number of anilines is 1. The Labute approximate surface area is 250 Å². The molecule has 0 bridgehead atoms. The predicted molar refractivity (Wildman–Crippen MR) is 163 cm³/mol. The van der Waals surface area contributed by atoms with Crippen LogP contribution in [-0.4, -0.2) is 52.7 Å². The molecule has 1 N–H and O–H groups in total. The van der Waals surface area contributed by atoms with Gasteiger partial charge >= 0.3 is 5.97 Å². The second-order valence-electron chi connectivity index (χ2n) is 11.7. The van der Waals surface area contributed by atoms with Crippen molar-refractivity contribution in [1.82, 2.24) is 14.7 Å². The van der Waals surface area contributed by atoms with Gasteiger partial charge in [-0.2, -0.15) is 5.10 Å². The topological polar surface area (TPSA) is 93.5 Å². The Bertz CT molecular complexity index is 1630. The molecule has 1 aliphatic rings. The van der Waals surface area contributed by atoms with Crippen molar-refractivity contribution < 1.29 is 23.5 Å². The molecule has 1 aliphatic heterocycles. The number of esters is 1. The number of ether oxygens (including phenoxy) is 1. The third-order valence-corrected chi connectivity index (χ3v) is 7.72. The molecular weight excluding hydrogens is 547 g/mol. The summed E-state index contributed by atoms with van der Waals surface area (Å²) in [5.41, 5.74) is 3.81. The summed E-state index contributed by atoms with van der Waals surface area (Å²) in [6.45, 7) is 7.14. The lowest BCUT2D eigenvalue weighted by Crippen LogP contribution is -2.38. The van der Waals surface area contributed by atoms with E-state index in [4.69, 9.17) is 4.74 Å². The maximum absolute atomic E-state index is 13.6. The molecule has 1 saturated heterocycles. The molecule has 1 fully saturated rings. The number of hydrogen-bond acceptors (Lipinski definition) is 5. The van der Waals surface area contributed by atoms with E-state index in [1.54, 1.807) is 53.2 Å². The highest BCUT2D eigenvalue weighted by Crippen LogP contribution is 2.31. The van der Waals surface area contributed by atoms with Crippen LogP contribution in [0, 0.1) is 5.82 Å². The average Bonchev–Trinajstić information content (AvgIpc) is 3.47. The molecule has 222 valence electrons. The van der Waals surface area contributed by atoms with Crippen LogP contribution in [0.3, 0.4) is 0 Å². The summed E-state index contributed by atoms with van der Waals surface area (Å²) < 4.78 is 20.2. The molecule has 0 atom stereocenters. The molecule has 0 radical (unpaired) electrons. The van der Waals surface area contributed by atoms with Crippen molar-refractivity contribution >= 4 is 23.5 Å². The van der Waals surface area contributed by atoms with Gasteiger partial charge in [-0.05, 0) is 99.7 Å². The zero-order chi connectivity index (χ0) is 30.7. The molecule has 0 spiro atoms. The molecule has 43 heavy (non-hydrogen) atoms. The Morgan fingerprint density at radius 1 is 0.930 bits per heavy atom. The molecule has 4 aromatic rings. The van der Waals surface area contributed by atoms with Gasteiger partial charge in [-0.3, -0.25) is 14.3 Å². The van der Waals surface area contributed by atoms with Crippen LogP contribution in [0.15, 0.2) is 79.0 Å². The molecule has 3 aromatic carbocycles. The SMILES string of the molecule is COC(=O)c1ccc(C2CCN(C(=O)c3cccc(NC(=O)c4cnn(C(C)(C)C)c4-c4ccc(F)cc4)c3)CC2)cc1. The van der Waals surface area contributed by atoms with Crippen molar-refractivity contribution in [1.29, 1.82) is 0 Å². The zero-order valence-electron chi connectivity index (χ0n) is 24.8. The Balaban J connectivity index is 1.27. The molecule has 1 aromatic heterocycles. The number of aromatic nitrogens is 2. The second-order valence-corrected chi connectivity index (χ2v) is 11.7. The highest BCUT2D eigenvalue weighted by atomic mass is 19.1. The smallest absolute Gasteiger partial charge is 0.337 e. The summed E-state index contributed by atoms with van der Waals surface area (Å²) >= 11 is 0. The van der Waals surface area contributed by atoms with E-state index in [0.717, 1.165) is 18.4 Å². The van der Waals surface area contributed by atoms with Crippen LogP contribution in [0.4, 0.5) is 10.1 Å². The molecule has 5 rings (SSSR count). The third kappa shape index (κ3) is 6.51. The third-order valence-electron chi connectivity index (χ3n) is 7.72. The number of likely N-dealkylation sites (tertiary alicyclic amines) is 1. The van der Waals surface area contributed by atoms with Crippen LogP contribution in [0.2, 0.25) is 0 Å². The first kappa shape index (κ1) is 29.7. The quantitative estimate of drug-likeness (QED) is 0.262. The number of rotatable bonds is 6. The Morgan fingerprint density at radius 2 is 1.60 bits per heavy atom. The number of nitrogens with zero attached hydrogens (tertiary/aromatic N) is 3. The van der Waals surface area contributed by atoms with Crippen LogP contribution in [-0.2, 0) is 10.3 Å². The van der Waals surface area contributed by atoms with Gasteiger partial charge in [0.25, 0.3) is 11.8 Å². The fourth-order valence-electron chi connectivity index (χ4n) is 5.44. The van der Waals surface area contributed by atoms with E-state index in [2.05, 4.69) is 10.4 Å². The minimum absolute atomic E-state index is 0.0943. The highest BCUT2D eigenvalue weighted by molar-refractivity contribution is 6.08. The maximum Gasteiger partial charge on any atom is 0.337 e. The second kappa shape index (κ2) is 12.2. The molecule has 0 unspecified atom stereocenters. The lowest BCUT2D eigenvalue weighted by Gasteiger charge is -2.32. The van der Waals surface area contributed by atoms with Crippen molar-refractivity contribution in [2.45, 2.75) is 45.1 Å². The van der Waals surface area contributed by atoms with Crippen molar-refractivity contribution in [2.24, 2.45) is 0 Å². The number of carbonyl (C=O) groups is 3. The molecule has 9 heteroatoms. The van der Waals surface area contributed by atoms with Gasteiger partial charge < -0.3 is 15.0 Å². The number of piperidine rings is 1. The minimum Gasteiger partial charge on any atom is -0.465 e. The van der Waals surface area contributed by atoms with Gasteiger partial charge in [0.1, 0.15) is 5.82 Å². The minimum atomic E-state index is -0.422. The van der Waals surface area contributed by atoms with Gasteiger partial charge in [-0.15, -0.1) is 0 Å². The van der Waals surface area contributed by atoms with E-state index < -0.39 is 5.54 Å². The number of methoxy groups -OCH3 is 1. The van der Waals surface area contributed by atoms with Crippen molar-refractivity contribution in [3.05, 3.63) is 107 Å². The Morgan fingerprint density at radius 3 is 2.23 bits per heavy atom. The van der Waals surface area contributed by atoms with E-state index in [1.165, 1.54) is 25.4 Å². The number of carbonyl (C=O) groups excluding carboxylic acids is 3. The fraction of sp³-hybridized carbons (Fsp3) is 0.294. The van der Waals surface area contributed by atoms with Gasteiger partial charge in [0.15, 0.2) is 0 Å². The summed E-state index contributed by atoms with van der Waals surface area (Å²) in [5.74, 6) is -0.900. The van der Waals surface area contributed by atoms with Gasteiger partial charge in [0.2, 0.25) is 0 Å². The average molecular weight is 583 g/mol. The Hall–Kier alpha value is -4.79. The number of nitrogens with one attached hydrogen (secondary N) is 1. The monoisotopic (exact) mass is 582 g/mol. The van der Waals surface area contributed by atoms with E-state index in [9.17, 15) is 18.8 Å². The summed E-state index contributed by atoms with van der Waals surface area (Å²) in [6, 6.07) is 20.3. The zero-order valence-corrected chi connectivity index (χ0v) is 24.8. The van der Waals surface area contributed by atoms with Gasteiger partial charge in [-0.25, -0.2) is 9.18 Å². The van der Waals surface area contributed by atoms with Crippen LogP contribution in [0.5, 0.6) is 0 Å². The van der Waals surface area contributed by atoms with Gasteiger partial charge in [0.05, 0.1) is 35.7 Å². The first-order chi connectivity index (χ1) is 20.5. The first-order valence-electron chi connectivity index (χ1n) is 14.3. The van der Waals surface area contributed by atoms with Crippen LogP contribution < -0.4 is 5.32 Å². The largest absolute Gasteiger partial charge is 0.465 e. The lowest BCUT2D eigenvalue weighted by molar-refractivity contribution is 0.0599. The predicted octanol–water partition coefficient (Wildman–Crippen LogP) is 6.50. The van der Waals surface area contributed by atoms with E-state index in [0.29, 0.717) is 52.6 Å². The summed E-state index contributed by atoms with van der Waals surface area (Å²) in [5, 5.41) is 7.40. The molecule has 8 nitrogen and oxygen atoms in total. The molecule has 0 aliphatic carbocycles. The van der Waals surface area contributed by atoms with Gasteiger partial charge in [-0.1, -0.05) is 18.2 Å². The lowest BCUT2D eigenvalue weighted by atomic mass is 9.89. The van der Waals surface area contributed by atoms with Crippen molar-refractivity contribution in [2.75, 3.05) is 25.5 Å². The van der Waals surface area contributed by atoms with E-state index in [-0.39, 0.29) is 23.6 Å². The maximum atomic E-state index is 13.6. The van der Waals surface area contributed by atoms with E-state index in [1.807, 2.05) is 37.8 Å². The molecule has 2 heterocycles. The molecule has 0 saturated carbocycles. The van der Waals surface area contributed by atoms with Crippen molar-refractivity contribution in [3.63, 3.8) is 0 Å². The highest BCUT2D eigenvalue weighted by Gasteiger charge is 2.27. The van der Waals surface area contributed by atoms with Gasteiger partial charge in [0, 0.05) is 29.9 Å².